The zero-order chi connectivity index (χ0) is 13.3. The zero-order valence-electron chi connectivity index (χ0n) is 8.87. The van der Waals surface area contributed by atoms with Gasteiger partial charge >= 0.3 is 6.09 Å². The lowest BCUT2D eigenvalue weighted by Crippen LogP contribution is -2.19. The minimum absolute atomic E-state index is 0.0833. The Morgan fingerprint density at radius 1 is 1.44 bits per heavy atom. The van der Waals surface area contributed by atoms with E-state index in [1.54, 1.807) is 0 Å². The van der Waals surface area contributed by atoms with Crippen LogP contribution >= 0.6 is 0 Å². The quantitative estimate of drug-likeness (QED) is 0.824. The molecule has 0 bridgehead atoms. The van der Waals surface area contributed by atoms with E-state index in [0.29, 0.717) is 6.29 Å². The van der Waals surface area contributed by atoms with Gasteiger partial charge in [0.2, 0.25) is 0 Å². The number of rotatable bonds is 3. The zero-order valence-corrected chi connectivity index (χ0v) is 8.87. The number of hydrogen-bond acceptors (Lipinski definition) is 3. The van der Waals surface area contributed by atoms with E-state index in [1.807, 2.05) is 5.32 Å². The molecule has 5 nitrogen and oxygen atoms in total. The Morgan fingerprint density at radius 3 is 2.78 bits per heavy atom. The number of halogens is 2. The maximum atomic E-state index is 13.4. The fourth-order valence-corrected chi connectivity index (χ4v) is 1.55. The van der Waals surface area contributed by atoms with Crippen molar-refractivity contribution in [2.24, 2.45) is 0 Å². The first-order chi connectivity index (χ1) is 8.52. The molecule has 7 heteroatoms. The van der Waals surface area contributed by atoms with Crippen LogP contribution in [0.5, 0.6) is 0 Å². The van der Waals surface area contributed by atoms with Gasteiger partial charge in [0.15, 0.2) is 17.9 Å². The number of aldehydes is 1. The number of fused-ring (bicyclic) bond motifs is 1. The molecule has 0 spiro atoms. The topological polar surface area (TPSA) is 79.5 Å². The molecule has 0 fully saturated rings. The number of hydrogen-bond donors (Lipinski definition) is 2. The van der Waals surface area contributed by atoms with E-state index in [1.165, 1.54) is 0 Å². The summed E-state index contributed by atoms with van der Waals surface area (Å²) in [5, 5.41) is 10.2. The molecule has 0 aliphatic carbocycles. The second kappa shape index (κ2) is 4.44. The summed E-state index contributed by atoms with van der Waals surface area (Å²) in [6, 6.07) is 1.87. The Balaban J connectivity index is 2.52. The molecule has 0 atom stereocenters. The van der Waals surface area contributed by atoms with Crippen LogP contribution in [0.25, 0.3) is 11.0 Å². The molecule has 1 heterocycles. The molecule has 1 aromatic heterocycles. The van der Waals surface area contributed by atoms with Crippen LogP contribution in [0, 0.1) is 11.6 Å². The molecule has 2 rings (SSSR count). The van der Waals surface area contributed by atoms with Gasteiger partial charge < -0.3 is 14.8 Å². The smallest absolute Gasteiger partial charge is 0.405 e. The first-order valence-electron chi connectivity index (χ1n) is 4.85. The van der Waals surface area contributed by atoms with E-state index in [2.05, 4.69) is 0 Å². The average Bonchev–Trinajstić information content (AvgIpc) is 2.75. The van der Waals surface area contributed by atoms with Crippen LogP contribution in [0.4, 0.5) is 13.6 Å². The Kier molecular flexibility index (Phi) is 2.97. The lowest BCUT2D eigenvalue weighted by Gasteiger charge is -1.97. The molecule has 0 saturated carbocycles. The second-order valence-electron chi connectivity index (χ2n) is 3.49. The fourth-order valence-electron chi connectivity index (χ4n) is 1.55. The molecule has 0 aliphatic heterocycles. The van der Waals surface area contributed by atoms with Gasteiger partial charge in [0.1, 0.15) is 11.3 Å². The molecule has 2 N–H and O–H groups in total. The fraction of sp³-hybridized carbons (Fsp3) is 0.0909. The van der Waals surface area contributed by atoms with Crippen LogP contribution in [0.1, 0.15) is 16.1 Å². The van der Waals surface area contributed by atoms with Crippen molar-refractivity contribution in [1.82, 2.24) is 5.32 Å². The molecular weight excluding hydrogens is 248 g/mol. The average molecular weight is 255 g/mol. The molecule has 94 valence electrons. The van der Waals surface area contributed by atoms with Crippen molar-refractivity contribution in [2.45, 2.75) is 6.54 Å². The number of carboxylic acid groups (broad SMARTS) is 1. The van der Waals surface area contributed by atoms with Crippen LogP contribution in [-0.2, 0) is 6.54 Å². The van der Waals surface area contributed by atoms with E-state index < -0.39 is 17.7 Å². The van der Waals surface area contributed by atoms with Crippen molar-refractivity contribution >= 4 is 23.3 Å². The van der Waals surface area contributed by atoms with Gasteiger partial charge in [-0.2, -0.15) is 0 Å². The standard InChI is InChI=1S/C11H7F2NO4/c12-8-1-5(4-15)10-7(9(8)13)2-6(18-10)3-14-11(16)17/h1-2,4,14H,3H2,(H,16,17). The van der Waals surface area contributed by atoms with E-state index in [0.717, 1.165) is 12.1 Å². The highest BCUT2D eigenvalue weighted by Gasteiger charge is 2.17. The predicted octanol–water partition coefficient (Wildman–Crippen LogP) is 2.29. The van der Waals surface area contributed by atoms with Crippen LogP contribution in [-0.4, -0.2) is 17.5 Å². The van der Waals surface area contributed by atoms with Crippen molar-refractivity contribution < 1.29 is 27.9 Å². The maximum Gasteiger partial charge on any atom is 0.405 e. The highest BCUT2D eigenvalue weighted by atomic mass is 19.2. The largest absolute Gasteiger partial charge is 0.465 e. The number of amides is 1. The third-order valence-corrected chi connectivity index (χ3v) is 2.31. The molecule has 18 heavy (non-hydrogen) atoms. The number of furan rings is 1. The van der Waals surface area contributed by atoms with E-state index in [4.69, 9.17) is 9.52 Å². The van der Waals surface area contributed by atoms with E-state index in [9.17, 15) is 18.4 Å². The van der Waals surface area contributed by atoms with Crippen LogP contribution in [0.15, 0.2) is 16.5 Å². The molecule has 0 radical (unpaired) electrons. The first-order valence-corrected chi connectivity index (χ1v) is 4.85. The Morgan fingerprint density at radius 2 is 2.17 bits per heavy atom. The summed E-state index contributed by atoms with van der Waals surface area (Å²) < 4.78 is 31.7. The van der Waals surface area contributed by atoms with Crippen LogP contribution in [0.3, 0.4) is 0 Å². The third kappa shape index (κ3) is 2.02. The Hall–Kier alpha value is -2.44. The number of carbonyl (C=O) groups excluding carboxylic acids is 1. The van der Waals surface area contributed by atoms with Crippen molar-refractivity contribution in [3.05, 3.63) is 35.1 Å². The van der Waals surface area contributed by atoms with Gasteiger partial charge in [0.05, 0.1) is 17.5 Å². The molecule has 2 aromatic rings. The minimum Gasteiger partial charge on any atom is -0.465 e. The minimum atomic E-state index is -1.28. The molecule has 0 aliphatic rings. The second-order valence-corrected chi connectivity index (χ2v) is 3.49. The van der Waals surface area contributed by atoms with Crippen LogP contribution in [0.2, 0.25) is 0 Å². The SMILES string of the molecule is O=Cc1cc(F)c(F)c2cc(CNC(=O)O)oc12. The normalized spacial score (nSPS) is 10.6. The lowest BCUT2D eigenvalue weighted by atomic mass is 10.1. The van der Waals surface area contributed by atoms with Gasteiger partial charge in [-0.15, -0.1) is 0 Å². The molecular formula is C11H7F2NO4. The summed E-state index contributed by atoms with van der Waals surface area (Å²) in [5.41, 5.74) is -0.239. The lowest BCUT2D eigenvalue weighted by molar-refractivity contribution is 0.112. The third-order valence-electron chi connectivity index (χ3n) is 2.31. The van der Waals surface area contributed by atoms with Crippen molar-refractivity contribution in [3.63, 3.8) is 0 Å². The Bertz CT molecular complexity index is 635. The van der Waals surface area contributed by atoms with E-state index in [-0.39, 0.29) is 28.8 Å². The monoisotopic (exact) mass is 255 g/mol. The summed E-state index contributed by atoms with van der Waals surface area (Å²) in [6.07, 6.45) is -0.944. The molecule has 1 aromatic carbocycles. The number of nitrogens with one attached hydrogen (secondary N) is 1. The predicted molar refractivity (Wildman–Crippen MR) is 56.4 cm³/mol. The van der Waals surface area contributed by atoms with E-state index >= 15 is 0 Å². The van der Waals surface area contributed by atoms with Gasteiger partial charge in [-0.25, -0.2) is 13.6 Å². The maximum absolute atomic E-state index is 13.4. The van der Waals surface area contributed by atoms with Gasteiger partial charge in [0, 0.05) is 0 Å². The van der Waals surface area contributed by atoms with Gasteiger partial charge in [-0.3, -0.25) is 4.79 Å². The number of carbonyl (C=O) groups is 2. The summed E-state index contributed by atoms with van der Waals surface area (Å²) in [6.45, 7) is -0.205. The molecule has 1 amide bonds. The molecule has 0 unspecified atom stereocenters. The summed E-state index contributed by atoms with van der Waals surface area (Å²) in [4.78, 5) is 21.0. The van der Waals surface area contributed by atoms with Gasteiger partial charge in [-0.05, 0) is 12.1 Å². The first kappa shape index (κ1) is 12.0. The highest BCUT2D eigenvalue weighted by molar-refractivity contribution is 5.95. The summed E-state index contributed by atoms with van der Waals surface area (Å²) in [7, 11) is 0. The summed E-state index contributed by atoms with van der Waals surface area (Å²) in [5.74, 6) is -2.22. The van der Waals surface area contributed by atoms with Gasteiger partial charge in [-0.1, -0.05) is 0 Å². The van der Waals surface area contributed by atoms with Gasteiger partial charge in [0.25, 0.3) is 0 Å². The molecule has 0 saturated heterocycles. The van der Waals surface area contributed by atoms with Crippen molar-refractivity contribution in [1.29, 1.82) is 0 Å². The Labute approximate surface area is 99.0 Å². The van der Waals surface area contributed by atoms with Crippen molar-refractivity contribution in [3.8, 4) is 0 Å². The van der Waals surface area contributed by atoms with Crippen LogP contribution < -0.4 is 5.32 Å². The van der Waals surface area contributed by atoms with Crippen molar-refractivity contribution in [2.75, 3.05) is 0 Å². The summed E-state index contributed by atoms with van der Waals surface area (Å²) >= 11 is 0. The number of benzene rings is 1. The highest BCUT2D eigenvalue weighted by Crippen LogP contribution is 2.27.